The van der Waals surface area contributed by atoms with Crippen LogP contribution < -0.4 is 0 Å². The van der Waals surface area contributed by atoms with E-state index in [2.05, 4.69) is 57.1 Å². The Balaban J connectivity index is -0.000000152. The van der Waals surface area contributed by atoms with Crippen molar-refractivity contribution in [1.29, 1.82) is 0 Å². The van der Waals surface area contributed by atoms with Crippen LogP contribution in [0.25, 0.3) is 5.78 Å². The van der Waals surface area contributed by atoms with E-state index < -0.39 is 0 Å². The van der Waals surface area contributed by atoms with E-state index in [-0.39, 0.29) is 18.7 Å². The second kappa shape index (κ2) is 10.4. The van der Waals surface area contributed by atoms with Gasteiger partial charge in [-0.3, -0.25) is 0 Å². The monoisotopic (exact) mass is 312 g/mol. The van der Waals surface area contributed by atoms with Gasteiger partial charge in [0.15, 0.2) is 0 Å². The molecular formula is C16H37BN5. The number of tetrazole rings is 1. The number of aromatic nitrogens is 5. The predicted octanol–water partition coefficient (Wildman–Crippen LogP) is 4.41. The lowest BCUT2D eigenvalue weighted by molar-refractivity contribution is 0.429. The zero-order valence-electron chi connectivity index (χ0n) is 14.5. The topological polar surface area (TPSA) is 48.0 Å². The molecule has 0 aliphatic rings. The molecule has 22 heavy (non-hydrogen) atoms. The fraction of sp³-hybridized carbons (Fsp3) is 0.812. The van der Waals surface area contributed by atoms with Crippen LogP contribution in [0, 0.1) is 11.8 Å². The van der Waals surface area contributed by atoms with Crippen LogP contribution in [0.1, 0.15) is 76.3 Å². The first kappa shape index (κ1) is 22.9. The Hall–Kier alpha value is -1.33. The molecule has 0 aliphatic carbocycles. The van der Waals surface area contributed by atoms with Crippen molar-refractivity contribution in [2.75, 3.05) is 0 Å². The van der Waals surface area contributed by atoms with Crippen molar-refractivity contribution in [1.82, 2.24) is 24.6 Å². The van der Waals surface area contributed by atoms with Crippen LogP contribution in [-0.4, -0.2) is 33.0 Å². The van der Waals surface area contributed by atoms with Crippen LogP contribution >= 0.6 is 0 Å². The van der Waals surface area contributed by atoms with Crippen LogP contribution in [0.4, 0.5) is 0 Å². The summed E-state index contributed by atoms with van der Waals surface area (Å²) >= 11 is 0. The average Bonchev–Trinajstić information content (AvgIpc) is 2.92. The number of hydrogen-bond donors (Lipinski definition) is 0. The number of hydrogen-bond acceptors (Lipinski definition) is 3. The average molecular weight is 312 g/mol. The van der Waals surface area contributed by atoms with E-state index in [1.165, 1.54) is 18.5 Å². The third-order valence-electron chi connectivity index (χ3n) is 3.58. The number of fused-ring (bicyclic) bond motifs is 1. The summed E-state index contributed by atoms with van der Waals surface area (Å²) in [6.45, 7) is 13.4. The van der Waals surface area contributed by atoms with E-state index in [0.29, 0.717) is 5.92 Å². The van der Waals surface area contributed by atoms with E-state index in [1.807, 2.05) is 17.8 Å². The van der Waals surface area contributed by atoms with Gasteiger partial charge in [-0.15, -0.1) is 0 Å². The molecule has 0 aromatic carbocycles. The Kier molecular flexibility index (Phi) is 10.9. The molecule has 129 valence electrons. The Morgan fingerprint density at radius 3 is 2.14 bits per heavy atom. The van der Waals surface area contributed by atoms with Crippen LogP contribution in [0.15, 0.2) is 6.20 Å². The molecule has 0 amide bonds. The molecule has 2 aromatic rings. The van der Waals surface area contributed by atoms with E-state index in [4.69, 9.17) is 0 Å². The quantitative estimate of drug-likeness (QED) is 0.786. The van der Waals surface area contributed by atoms with Crippen molar-refractivity contribution in [2.24, 2.45) is 18.9 Å². The highest BCUT2D eigenvalue weighted by Gasteiger charge is 2.10. The van der Waals surface area contributed by atoms with E-state index in [1.54, 1.807) is 4.52 Å². The molecule has 2 rings (SSSR count). The summed E-state index contributed by atoms with van der Waals surface area (Å²) < 4.78 is 3.69. The molecule has 0 fully saturated rings. The molecular weight excluding hydrogens is 273 g/mol. The molecule has 0 aliphatic heterocycles. The Labute approximate surface area is 141 Å². The van der Waals surface area contributed by atoms with Gasteiger partial charge in [0.1, 0.15) is 0 Å². The van der Waals surface area contributed by atoms with Gasteiger partial charge in [-0.1, -0.05) is 60.5 Å². The van der Waals surface area contributed by atoms with Gasteiger partial charge >= 0.3 is 0 Å². The highest BCUT2D eigenvalue weighted by Crippen LogP contribution is 2.15. The van der Waals surface area contributed by atoms with Crippen molar-refractivity contribution in [3.05, 3.63) is 11.9 Å². The minimum absolute atomic E-state index is 0. The van der Waals surface area contributed by atoms with Gasteiger partial charge in [-0.2, -0.15) is 4.52 Å². The number of aryl methyl sites for hydroxylation is 1. The smallest absolute Gasteiger partial charge is 0.253 e. The minimum Gasteiger partial charge on any atom is -0.314 e. The largest absolute Gasteiger partial charge is 0.314 e. The van der Waals surface area contributed by atoms with Crippen molar-refractivity contribution in [3.8, 4) is 0 Å². The van der Waals surface area contributed by atoms with Gasteiger partial charge in [0.25, 0.3) is 5.78 Å². The van der Waals surface area contributed by atoms with Gasteiger partial charge in [-0.05, 0) is 34.6 Å². The Morgan fingerprint density at radius 2 is 1.77 bits per heavy atom. The highest BCUT2D eigenvalue weighted by atomic mass is 15.5. The van der Waals surface area contributed by atoms with Crippen LogP contribution in [0.2, 0.25) is 0 Å². The van der Waals surface area contributed by atoms with Crippen LogP contribution in [0.5, 0.6) is 0 Å². The first-order valence-electron chi connectivity index (χ1n) is 7.60. The van der Waals surface area contributed by atoms with Crippen LogP contribution in [-0.2, 0) is 7.05 Å². The summed E-state index contributed by atoms with van der Waals surface area (Å²) in [5.41, 5.74) is 1.22. The molecule has 0 bridgehead atoms. The van der Waals surface area contributed by atoms with Crippen molar-refractivity contribution in [3.63, 3.8) is 0 Å². The summed E-state index contributed by atoms with van der Waals surface area (Å²) in [5, 5.41) is 11.3. The maximum Gasteiger partial charge on any atom is 0.253 e. The second-order valence-corrected chi connectivity index (χ2v) is 6.33. The zero-order valence-corrected chi connectivity index (χ0v) is 14.5. The molecule has 2 heterocycles. The SMILES string of the molecule is C.CC(C)c1cn2nnnc2n1C.CCC(C)CC(C)C.[2HH].[2HH].[B]. The van der Waals surface area contributed by atoms with Crippen LogP contribution in [0.3, 0.4) is 0 Å². The summed E-state index contributed by atoms with van der Waals surface area (Å²) in [5.74, 6) is 3.08. The third-order valence-corrected chi connectivity index (χ3v) is 3.58. The minimum atomic E-state index is 0. The van der Waals surface area contributed by atoms with Gasteiger partial charge in [0.05, 0.1) is 6.20 Å². The summed E-state index contributed by atoms with van der Waals surface area (Å²) in [6.07, 6.45) is 4.68. The maximum atomic E-state index is 3.89. The van der Waals surface area contributed by atoms with Gasteiger partial charge in [-0.25, -0.2) is 0 Å². The van der Waals surface area contributed by atoms with Gasteiger partial charge in [0.2, 0.25) is 0 Å². The first-order valence-corrected chi connectivity index (χ1v) is 7.60. The summed E-state index contributed by atoms with van der Waals surface area (Å²) in [7, 11) is 1.97. The zero-order chi connectivity index (χ0) is 15.3. The van der Waals surface area contributed by atoms with Crippen molar-refractivity contribution >= 4 is 14.2 Å². The molecule has 0 saturated carbocycles. The normalized spacial score (nSPS) is 11.7. The maximum absolute atomic E-state index is 3.89. The fourth-order valence-corrected chi connectivity index (χ4v) is 2.33. The standard InChI is InChI=1S/C8H18.C7H11N5.CH4.B.2H2/c1-5-8(4)6-7(2)3;1-5(2)6-4-12-7(11(6)3)8-9-10-12;;;;/h7-8H,5-6H2,1-4H3;4-5H,1-3H3;1H4;;2*1H/i;;;;2*1+1. The molecule has 1 unspecified atom stereocenters. The number of rotatable bonds is 4. The Morgan fingerprint density at radius 1 is 1.18 bits per heavy atom. The fourth-order valence-electron chi connectivity index (χ4n) is 2.33. The van der Waals surface area contributed by atoms with Crippen molar-refractivity contribution < 1.29 is 2.85 Å². The highest BCUT2D eigenvalue weighted by molar-refractivity contribution is 5.75. The first-order chi connectivity index (χ1) is 9.36. The van der Waals surface area contributed by atoms with E-state index in [0.717, 1.165) is 17.6 Å². The van der Waals surface area contributed by atoms with Crippen molar-refractivity contribution in [2.45, 2.75) is 67.7 Å². The molecule has 2 aromatic heterocycles. The Bertz CT molecular complexity index is 525. The number of nitrogens with zero attached hydrogens (tertiary/aromatic N) is 5. The molecule has 0 saturated heterocycles. The summed E-state index contributed by atoms with van der Waals surface area (Å²) in [6, 6.07) is 0. The number of imidazole rings is 1. The lowest BCUT2D eigenvalue weighted by atomic mass is 9.97. The van der Waals surface area contributed by atoms with E-state index >= 15 is 0 Å². The molecule has 1 atom stereocenters. The molecule has 6 heteroatoms. The van der Waals surface area contributed by atoms with Gasteiger partial charge in [0, 0.05) is 24.0 Å². The molecule has 0 N–H and O–H groups in total. The lowest BCUT2D eigenvalue weighted by Crippen LogP contribution is -1.98. The van der Waals surface area contributed by atoms with E-state index in [9.17, 15) is 0 Å². The second-order valence-electron chi connectivity index (χ2n) is 6.33. The molecule has 0 spiro atoms. The molecule has 5 nitrogen and oxygen atoms in total. The predicted molar refractivity (Wildman–Crippen MR) is 99.5 cm³/mol. The lowest BCUT2D eigenvalue weighted by Gasteiger charge is -2.09. The summed E-state index contributed by atoms with van der Waals surface area (Å²) in [4.78, 5) is 0. The third kappa shape index (κ3) is 6.20. The van der Waals surface area contributed by atoms with Gasteiger partial charge < -0.3 is 4.57 Å². The molecule has 3 radical (unpaired) electrons.